The van der Waals surface area contributed by atoms with Gasteiger partial charge in [-0.1, -0.05) is 42.8 Å². The van der Waals surface area contributed by atoms with Crippen molar-refractivity contribution in [3.8, 4) is 17.1 Å². The van der Waals surface area contributed by atoms with E-state index in [0.717, 1.165) is 5.56 Å². The molecule has 4 rings (SSSR count). The highest BCUT2D eigenvalue weighted by Gasteiger charge is 2.14. The first-order chi connectivity index (χ1) is 14.0. The number of ether oxygens (including phenoxy) is 1. The van der Waals surface area contributed by atoms with Gasteiger partial charge in [-0.15, -0.1) is 5.10 Å². The summed E-state index contributed by atoms with van der Waals surface area (Å²) >= 11 is 6.01. The number of halogens is 1. The van der Waals surface area contributed by atoms with E-state index in [-0.39, 0.29) is 10.6 Å². The van der Waals surface area contributed by atoms with Gasteiger partial charge in [0.1, 0.15) is 6.61 Å². The molecule has 0 unspecified atom stereocenters. The minimum atomic E-state index is -3.30. The minimum Gasteiger partial charge on any atom is -0.472 e. The zero-order valence-electron chi connectivity index (χ0n) is 15.6. The molecule has 0 amide bonds. The van der Waals surface area contributed by atoms with Crippen LogP contribution < -0.4 is 4.74 Å². The number of sulfone groups is 1. The quantitative estimate of drug-likeness (QED) is 0.455. The van der Waals surface area contributed by atoms with Crippen LogP contribution in [0.5, 0.6) is 5.88 Å². The normalized spacial score (nSPS) is 11.7. The molecule has 0 N–H and O–H groups in total. The van der Waals surface area contributed by atoms with E-state index in [4.69, 9.17) is 16.3 Å². The molecule has 0 radical (unpaired) electrons. The van der Waals surface area contributed by atoms with E-state index >= 15 is 0 Å². The van der Waals surface area contributed by atoms with Crippen molar-refractivity contribution in [1.29, 1.82) is 0 Å². The molecule has 0 saturated carbocycles. The van der Waals surface area contributed by atoms with Gasteiger partial charge in [-0.25, -0.2) is 17.9 Å². The lowest BCUT2D eigenvalue weighted by molar-refractivity contribution is 0.289. The maximum absolute atomic E-state index is 12.2. The van der Waals surface area contributed by atoms with Crippen molar-refractivity contribution in [1.82, 2.24) is 14.6 Å². The first-order valence-corrected chi connectivity index (χ1v) is 11.0. The SMILES string of the molecule is CCS(=O)(=O)c1cccc(-c2cnc3ccc(OCc4cccc(Cl)c4)nn23)c1. The molecule has 0 aliphatic heterocycles. The van der Waals surface area contributed by atoms with Crippen LogP contribution in [0.2, 0.25) is 5.02 Å². The van der Waals surface area contributed by atoms with E-state index < -0.39 is 9.84 Å². The average Bonchev–Trinajstić information content (AvgIpc) is 3.16. The zero-order chi connectivity index (χ0) is 20.4. The number of imidazole rings is 1. The summed E-state index contributed by atoms with van der Waals surface area (Å²) in [6.45, 7) is 1.95. The molecule has 0 aliphatic carbocycles. The van der Waals surface area contributed by atoms with Crippen LogP contribution in [-0.4, -0.2) is 28.8 Å². The fraction of sp³-hybridized carbons (Fsp3) is 0.143. The van der Waals surface area contributed by atoms with Gasteiger partial charge in [0, 0.05) is 16.7 Å². The Bertz CT molecular complexity index is 1290. The molecular formula is C21H18ClN3O3S. The van der Waals surface area contributed by atoms with Crippen molar-refractivity contribution < 1.29 is 13.2 Å². The molecule has 2 aromatic heterocycles. The zero-order valence-corrected chi connectivity index (χ0v) is 17.2. The highest BCUT2D eigenvalue weighted by molar-refractivity contribution is 7.91. The van der Waals surface area contributed by atoms with Crippen LogP contribution in [-0.2, 0) is 16.4 Å². The van der Waals surface area contributed by atoms with Crippen LogP contribution >= 0.6 is 11.6 Å². The lowest BCUT2D eigenvalue weighted by Crippen LogP contribution is -2.04. The summed E-state index contributed by atoms with van der Waals surface area (Å²) in [6.07, 6.45) is 1.67. The molecule has 0 fully saturated rings. The molecule has 0 saturated heterocycles. The Kier molecular flexibility index (Phi) is 5.25. The molecule has 0 aliphatic rings. The van der Waals surface area contributed by atoms with Gasteiger partial charge in [0.05, 0.1) is 22.5 Å². The van der Waals surface area contributed by atoms with Gasteiger partial charge in [-0.3, -0.25) is 0 Å². The number of rotatable bonds is 6. The van der Waals surface area contributed by atoms with E-state index in [2.05, 4.69) is 10.1 Å². The number of nitrogens with zero attached hydrogens (tertiary/aromatic N) is 3. The predicted molar refractivity (Wildman–Crippen MR) is 112 cm³/mol. The minimum absolute atomic E-state index is 0.0450. The third kappa shape index (κ3) is 4.11. The van der Waals surface area contributed by atoms with Crippen LogP contribution in [0.1, 0.15) is 12.5 Å². The van der Waals surface area contributed by atoms with E-state index in [1.54, 1.807) is 54.0 Å². The fourth-order valence-electron chi connectivity index (χ4n) is 2.93. The summed E-state index contributed by atoms with van der Waals surface area (Å²) in [4.78, 5) is 4.63. The van der Waals surface area contributed by atoms with E-state index in [1.807, 2.05) is 24.3 Å². The maximum Gasteiger partial charge on any atom is 0.232 e. The number of hydrogen-bond acceptors (Lipinski definition) is 5. The van der Waals surface area contributed by atoms with Gasteiger partial charge in [0.25, 0.3) is 0 Å². The number of hydrogen-bond donors (Lipinski definition) is 0. The number of fused-ring (bicyclic) bond motifs is 1. The molecule has 6 nitrogen and oxygen atoms in total. The highest BCUT2D eigenvalue weighted by atomic mass is 35.5. The molecule has 148 valence electrons. The monoisotopic (exact) mass is 427 g/mol. The second-order valence-corrected chi connectivity index (χ2v) is 9.15. The Labute approximate surface area is 173 Å². The molecule has 4 aromatic rings. The standard InChI is InChI=1S/C21H18ClN3O3S/c1-2-29(26,27)18-8-4-6-16(12-18)19-13-23-20-9-10-21(24-25(19)20)28-14-15-5-3-7-17(22)11-15/h3-13H,2,14H2,1H3. The van der Waals surface area contributed by atoms with Crippen LogP contribution in [0, 0.1) is 0 Å². The largest absolute Gasteiger partial charge is 0.472 e. The Hall–Kier alpha value is -2.90. The fourth-order valence-corrected chi connectivity index (χ4v) is 4.07. The van der Waals surface area contributed by atoms with Crippen molar-refractivity contribution in [3.63, 3.8) is 0 Å². The summed E-state index contributed by atoms with van der Waals surface area (Å²) in [5.74, 6) is 0.470. The molecular weight excluding hydrogens is 410 g/mol. The molecule has 0 atom stereocenters. The van der Waals surface area contributed by atoms with Gasteiger partial charge < -0.3 is 4.74 Å². The Morgan fingerprint density at radius 3 is 2.69 bits per heavy atom. The van der Waals surface area contributed by atoms with Gasteiger partial charge >= 0.3 is 0 Å². The molecule has 0 bridgehead atoms. The molecule has 8 heteroatoms. The Balaban J connectivity index is 1.66. The van der Waals surface area contributed by atoms with Crippen molar-refractivity contribution in [2.45, 2.75) is 18.4 Å². The summed E-state index contributed by atoms with van der Waals surface area (Å²) in [5, 5.41) is 5.16. The highest BCUT2D eigenvalue weighted by Crippen LogP contribution is 2.24. The Morgan fingerprint density at radius 1 is 1.07 bits per heavy atom. The van der Waals surface area contributed by atoms with Crippen LogP contribution in [0.15, 0.2) is 71.8 Å². The van der Waals surface area contributed by atoms with Crippen molar-refractivity contribution in [3.05, 3.63) is 77.4 Å². The van der Waals surface area contributed by atoms with Gasteiger partial charge in [-0.2, -0.15) is 0 Å². The third-order valence-corrected chi connectivity index (χ3v) is 6.45. The summed E-state index contributed by atoms with van der Waals surface area (Å²) in [5.41, 5.74) is 2.97. The second kappa shape index (κ2) is 7.85. The first kappa shape index (κ1) is 19.4. The summed E-state index contributed by atoms with van der Waals surface area (Å²) < 4.78 is 31.9. The number of aromatic nitrogens is 3. The Morgan fingerprint density at radius 2 is 1.90 bits per heavy atom. The molecule has 0 spiro atoms. The molecule has 2 aromatic carbocycles. The van der Waals surface area contributed by atoms with E-state index in [1.165, 1.54) is 0 Å². The van der Waals surface area contributed by atoms with Crippen molar-refractivity contribution in [2.24, 2.45) is 0 Å². The third-order valence-electron chi connectivity index (χ3n) is 4.48. The topological polar surface area (TPSA) is 73.6 Å². The van der Waals surface area contributed by atoms with Crippen molar-refractivity contribution in [2.75, 3.05) is 5.75 Å². The smallest absolute Gasteiger partial charge is 0.232 e. The van der Waals surface area contributed by atoms with E-state index in [0.29, 0.717) is 34.4 Å². The second-order valence-electron chi connectivity index (χ2n) is 6.43. The van der Waals surface area contributed by atoms with Crippen LogP contribution in [0.25, 0.3) is 16.9 Å². The predicted octanol–water partition coefficient (Wildman–Crippen LogP) is 4.42. The molecule has 2 heterocycles. The van der Waals surface area contributed by atoms with Crippen LogP contribution in [0.4, 0.5) is 0 Å². The van der Waals surface area contributed by atoms with Gasteiger partial charge in [0.15, 0.2) is 15.5 Å². The van der Waals surface area contributed by atoms with Gasteiger partial charge in [-0.05, 0) is 35.9 Å². The first-order valence-electron chi connectivity index (χ1n) is 9.01. The summed E-state index contributed by atoms with van der Waals surface area (Å²) in [6, 6.07) is 17.8. The average molecular weight is 428 g/mol. The lowest BCUT2D eigenvalue weighted by atomic mass is 10.2. The van der Waals surface area contributed by atoms with Gasteiger partial charge in [0.2, 0.25) is 5.88 Å². The van der Waals surface area contributed by atoms with Crippen molar-refractivity contribution >= 4 is 27.1 Å². The maximum atomic E-state index is 12.2. The molecule has 29 heavy (non-hydrogen) atoms. The lowest BCUT2D eigenvalue weighted by Gasteiger charge is -2.08. The van der Waals surface area contributed by atoms with E-state index in [9.17, 15) is 8.42 Å². The number of benzene rings is 2. The summed E-state index contributed by atoms with van der Waals surface area (Å²) in [7, 11) is -3.30. The van der Waals surface area contributed by atoms with Crippen LogP contribution in [0.3, 0.4) is 0 Å².